The van der Waals surface area contributed by atoms with E-state index in [0.717, 1.165) is 45.6 Å². The van der Waals surface area contributed by atoms with E-state index >= 15 is 0 Å². The standard InChI is InChI=1S/C18H26N4O3/c1-3-17(23)21-10-14(11-21)8-13(2)20-18(24)15-9-19-22(12-15)16-4-6-25-7-5-16/h3,9,12-14,16H,1,4-8,10-11H2,2H3,(H,20,24). The van der Waals surface area contributed by atoms with Crippen LogP contribution in [0.25, 0.3) is 0 Å². The average molecular weight is 346 g/mol. The van der Waals surface area contributed by atoms with Gasteiger partial charge in [-0.1, -0.05) is 6.58 Å². The lowest BCUT2D eigenvalue weighted by atomic mass is 9.92. The van der Waals surface area contributed by atoms with Crippen LogP contribution in [0.2, 0.25) is 0 Å². The van der Waals surface area contributed by atoms with Crippen molar-refractivity contribution in [3.63, 3.8) is 0 Å². The van der Waals surface area contributed by atoms with Crippen LogP contribution in [-0.2, 0) is 9.53 Å². The minimum absolute atomic E-state index is 0.0199. The van der Waals surface area contributed by atoms with Crippen molar-refractivity contribution >= 4 is 11.8 Å². The smallest absolute Gasteiger partial charge is 0.254 e. The Morgan fingerprint density at radius 3 is 2.84 bits per heavy atom. The third-order valence-electron chi connectivity index (χ3n) is 4.94. The van der Waals surface area contributed by atoms with Gasteiger partial charge in [0.25, 0.3) is 5.91 Å². The van der Waals surface area contributed by atoms with Crippen molar-refractivity contribution in [2.75, 3.05) is 26.3 Å². The second-order valence-corrected chi connectivity index (χ2v) is 6.98. The molecule has 1 aromatic rings. The van der Waals surface area contributed by atoms with E-state index in [1.807, 2.05) is 17.8 Å². The summed E-state index contributed by atoms with van der Waals surface area (Å²) in [5, 5.41) is 7.37. The van der Waals surface area contributed by atoms with Gasteiger partial charge in [0.15, 0.2) is 0 Å². The van der Waals surface area contributed by atoms with Crippen molar-refractivity contribution in [1.82, 2.24) is 20.0 Å². The molecular formula is C18H26N4O3. The Labute approximate surface area is 148 Å². The van der Waals surface area contributed by atoms with Gasteiger partial charge in [0, 0.05) is 38.5 Å². The average Bonchev–Trinajstić information content (AvgIpc) is 3.08. The van der Waals surface area contributed by atoms with Crippen LogP contribution in [0.4, 0.5) is 0 Å². The Balaban J connectivity index is 1.45. The van der Waals surface area contributed by atoms with Gasteiger partial charge in [-0.25, -0.2) is 0 Å². The number of carbonyl (C=O) groups excluding carboxylic acids is 2. The highest BCUT2D eigenvalue weighted by Gasteiger charge is 2.30. The highest BCUT2D eigenvalue weighted by Crippen LogP contribution is 2.22. The number of aromatic nitrogens is 2. The molecule has 0 spiro atoms. The second kappa shape index (κ2) is 7.82. The number of carbonyl (C=O) groups is 2. The molecule has 1 aromatic heterocycles. The van der Waals surface area contributed by atoms with Crippen LogP contribution in [0.15, 0.2) is 25.0 Å². The number of nitrogens with one attached hydrogen (secondary N) is 1. The summed E-state index contributed by atoms with van der Waals surface area (Å²) in [4.78, 5) is 25.6. The number of amides is 2. The molecule has 2 aliphatic rings. The van der Waals surface area contributed by atoms with Gasteiger partial charge in [0.2, 0.25) is 5.91 Å². The van der Waals surface area contributed by atoms with Gasteiger partial charge < -0.3 is 15.0 Å². The van der Waals surface area contributed by atoms with Crippen molar-refractivity contribution in [1.29, 1.82) is 0 Å². The molecule has 2 aliphatic heterocycles. The van der Waals surface area contributed by atoms with Crippen molar-refractivity contribution < 1.29 is 14.3 Å². The highest BCUT2D eigenvalue weighted by molar-refractivity contribution is 5.93. The van der Waals surface area contributed by atoms with Crippen molar-refractivity contribution in [2.24, 2.45) is 5.92 Å². The summed E-state index contributed by atoms with van der Waals surface area (Å²) in [7, 11) is 0. The van der Waals surface area contributed by atoms with Crippen LogP contribution >= 0.6 is 0 Å². The fraction of sp³-hybridized carbons (Fsp3) is 0.611. The van der Waals surface area contributed by atoms with Gasteiger partial charge in [-0.15, -0.1) is 0 Å². The molecule has 7 heteroatoms. The summed E-state index contributed by atoms with van der Waals surface area (Å²) in [5.41, 5.74) is 0.593. The van der Waals surface area contributed by atoms with Crippen LogP contribution < -0.4 is 5.32 Å². The van der Waals surface area contributed by atoms with E-state index in [-0.39, 0.29) is 17.9 Å². The van der Waals surface area contributed by atoms with Crippen molar-refractivity contribution in [3.8, 4) is 0 Å². The molecule has 1 atom stereocenters. The third kappa shape index (κ3) is 4.28. The topological polar surface area (TPSA) is 76.5 Å². The minimum Gasteiger partial charge on any atom is -0.381 e. The summed E-state index contributed by atoms with van der Waals surface area (Å²) in [6.45, 7) is 8.47. The molecule has 0 bridgehead atoms. The molecule has 2 saturated heterocycles. The number of likely N-dealkylation sites (tertiary alicyclic amines) is 1. The summed E-state index contributed by atoms with van der Waals surface area (Å²) < 4.78 is 7.24. The molecule has 0 aliphatic carbocycles. The molecule has 7 nitrogen and oxygen atoms in total. The number of nitrogens with zero attached hydrogens (tertiary/aromatic N) is 3. The van der Waals surface area contributed by atoms with E-state index in [2.05, 4.69) is 17.0 Å². The van der Waals surface area contributed by atoms with Gasteiger partial charge >= 0.3 is 0 Å². The maximum absolute atomic E-state index is 12.4. The van der Waals surface area contributed by atoms with E-state index in [9.17, 15) is 9.59 Å². The maximum Gasteiger partial charge on any atom is 0.254 e. The molecular weight excluding hydrogens is 320 g/mol. The van der Waals surface area contributed by atoms with Crippen LogP contribution in [0, 0.1) is 5.92 Å². The predicted molar refractivity (Wildman–Crippen MR) is 93.1 cm³/mol. The zero-order valence-electron chi connectivity index (χ0n) is 14.7. The lowest BCUT2D eigenvalue weighted by Gasteiger charge is -2.39. The first-order valence-corrected chi connectivity index (χ1v) is 8.91. The Morgan fingerprint density at radius 2 is 2.16 bits per heavy atom. The molecule has 2 fully saturated rings. The summed E-state index contributed by atoms with van der Waals surface area (Å²) in [6, 6.07) is 0.376. The van der Waals surface area contributed by atoms with E-state index in [1.54, 1.807) is 11.1 Å². The van der Waals surface area contributed by atoms with E-state index in [4.69, 9.17) is 4.74 Å². The van der Waals surface area contributed by atoms with E-state index in [0.29, 0.717) is 17.5 Å². The molecule has 2 amide bonds. The fourth-order valence-corrected chi connectivity index (χ4v) is 3.50. The maximum atomic E-state index is 12.4. The summed E-state index contributed by atoms with van der Waals surface area (Å²) in [5.74, 6) is 0.321. The Hall–Kier alpha value is -2.15. The normalized spacial score (nSPS) is 20.0. The van der Waals surface area contributed by atoms with E-state index in [1.165, 1.54) is 6.08 Å². The van der Waals surface area contributed by atoms with Crippen LogP contribution in [0.1, 0.15) is 42.6 Å². The number of ether oxygens (including phenoxy) is 1. The second-order valence-electron chi connectivity index (χ2n) is 6.98. The molecule has 0 aromatic carbocycles. The molecule has 0 radical (unpaired) electrons. The molecule has 3 heterocycles. The van der Waals surface area contributed by atoms with Gasteiger partial charge in [0.05, 0.1) is 17.8 Å². The lowest BCUT2D eigenvalue weighted by Crippen LogP contribution is -2.51. The van der Waals surface area contributed by atoms with Crippen molar-refractivity contribution in [2.45, 2.75) is 38.3 Å². The number of rotatable bonds is 6. The molecule has 1 N–H and O–H groups in total. The van der Waals surface area contributed by atoms with Gasteiger partial charge in [0.1, 0.15) is 0 Å². The Morgan fingerprint density at radius 1 is 1.44 bits per heavy atom. The van der Waals surface area contributed by atoms with Crippen LogP contribution in [0.5, 0.6) is 0 Å². The monoisotopic (exact) mass is 346 g/mol. The predicted octanol–water partition coefficient (Wildman–Crippen LogP) is 1.39. The minimum atomic E-state index is -0.0934. The van der Waals surface area contributed by atoms with Crippen LogP contribution in [0.3, 0.4) is 0 Å². The zero-order chi connectivity index (χ0) is 17.8. The van der Waals surface area contributed by atoms with Crippen LogP contribution in [-0.4, -0.2) is 58.8 Å². The van der Waals surface area contributed by atoms with E-state index < -0.39 is 0 Å². The first-order chi connectivity index (χ1) is 12.1. The van der Waals surface area contributed by atoms with Gasteiger partial charge in [-0.3, -0.25) is 14.3 Å². The molecule has 25 heavy (non-hydrogen) atoms. The molecule has 0 saturated carbocycles. The summed E-state index contributed by atoms with van der Waals surface area (Å²) >= 11 is 0. The molecule has 136 valence electrons. The Kier molecular flexibility index (Phi) is 5.53. The van der Waals surface area contributed by atoms with Crippen molar-refractivity contribution in [3.05, 3.63) is 30.6 Å². The first-order valence-electron chi connectivity index (χ1n) is 8.91. The largest absolute Gasteiger partial charge is 0.381 e. The number of hydrogen-bond donors (Lipinski definition) is 1. The first kappa shape index (κ1) is 17.7. The van der Waals surface area contributed by atoms with Gasteiger partial charge in [-0.05, 0) is 38.2 Å². The third-order valence-corrected chi connectivity index (χ3v) is 4.94. The quantitative estimate of drug-likeness (QED) is 0.790. The SMILES string of the molecule is C=CC(=O)N1CC(CC(C)NC(=O)c2cnn(C3CCOCC3)c2)C1. The van der Waals surface area contributed by atoms with Gasteiger partial charge in [-0.2, -0.15) is 5.10 Å². The highest BCUT2D eigenvalue weighted by atomic mass is 16.5. The lowest BCUT2D eigenvalue weighted by molar-refractivity contribution is -0.132. The molecule has 3 rings (SSSR count). The number of hydrogen-bond acceptors (Lipinski definition) is 4. The zero-order valence-corrected chi connectivity index (χ0v) is 14.7. The fourth-order valence-electron chi connectivity index (χ4n) is 3.50. The Bertz CT molecular complexity index is 630. The molecule has 1 unspecified atom stereocenters. The summed E-state index contributed by atoms with van der Waals surface area (Å²) in [6.07, 6.45) is 7.52.